The zero-order chi connectivity index (χ0) is 17.8. The summed E-state index contributed by atoms with van der Waals surface area (Å²) >= 11 is 0. The van der Waals surface area contributed by atoms with Crippen molar-refractivity contribution in [2.45, 2.75) is 6.54 Å². The van der Waals surface area contributed by atoms with Crippen molar-refractivity contribution in [3.05, 3.63) is 65.2 Å². The first-order valence-electron chi connectivity index (χ1n) is 8.16. The van der Waals surface area contributed by atoms with E-state index >= 15 is 0 Å². The quantitative estimate of drug-likeness (QED) is 0.853. The Labute approximate surface area is 145 Å². The molecule has 4 nitrogen and oxygen atoms in total. The molecule has 2 aromatic rings. The fourth-order valence-corrected chi connectivity index (χ4v) is 2.95. The van der Waals surface area contributed by atoms with E-state index in [0.29, 0.717) is 38.3 Å². The van der Waals surface area contributed by atoms with Gasteiger partial charge in [0.05, 0.1) is 7.11 Å². The highest BCUT2D eigenvalue weighted by Crippen LogP contribution is 2.19. The normalized spacial score (nSPS) is 15.2. The zero-order valence-electron chi connectivity index (χ0n) is 14.0. The molecule has 1 saturated heterocycles. The third kappa shape index (κ3) is 4.14. The van der Waals surface area contributed by atoms with E-state index in [0.717, 1.165) is 5.56 Å². The summed E-state index contributed by atoms with van der Waals surface area (Å²) in [7, 11) is 1.44. The molecule has 3 rings (SSSR count). The maximum atomic E-state index is 13.8. The molecule has 0 aromatic heterocycles. The topological polar surface area (TPSA) is 32.8 Å². The number of carbonyl (C=O) groups excluding carboxylic acids is 1. The van der Waals surface area contributed by atoms with Crippen LogP contribution >= 0.6 is 0 Å². The number of benzene rings is 2. The minimum atomic E-state index is -0.370. The molecule has 0 N–H and O–H groups in total. The van der Waals surface area contributed by atoms with E-state index in [4.69, 9.17) is 4.74 Å². The van der Waals surface area contributed by atoms with Crippen LogP contribution in [-0.2, 0) is 6.54 Å². The van der Waals surface area contributed by atoms with Gasteiger partial charge in [-0.2, -0.15) is 0 Å². The molecule has 0 saturated carbocycles. The van der Waals surface area contributed by atoms with Gasteiger partial charge in [0.2, 0.25) is 0 Å². The van der Waals surface area contributed by atoms with E-state index in [1.54, 1.807) is 11.0 Å². The molecule has 1 fully saturated rings. The van der Waals surface area contributed by atoms with E-state index < -0.39 is 0 Å². The molecule has 1 aliphatic heterocycles. The zero-order valence-corrected chi connectivity index (χ0v) is 14.0. The second kappa shape index (κ2) is 7.61. The van der Waals surface area contributed by atoms with Crippen molar-refractivity contribution in [2.24, 2.45) is 0 Å². The van der Waals surface area contributed by atoms with Gasteiger partial charge in [-0.3, -0.25) is 9.69 Å². The van der Waals surface area contributed by atoms with Crippen LogP contribution in [0.4, 0.5) is 8.78 Å². The van der Waals surface area contributed by atoms with E-state index in [1.165, 1.54) is 37.4 Å². The average Bonchev–Trinajstić information content (AvgIpc) is 2.63. The number of piperazine rings is 1. The van der Waals surface area contributed by atoms with Crippen molar-refractivity contribution in [2.75, 3.05) is 33.3 Å². The number of rotatable bonds is 4. The molecule has 0 atom stereocenters. The van der Waals surface area contributed by atoms with Gasteiger partial charge < -0.3 is 9.64 Å². The molecule has 0 bridgehead atoms. The summed E-state index contributed by atoms with van der Waals surface area (Å²) in [6.45, 7) is 3.23. The lowest BCUT2D eigenvalue weighted by atomic mass is 10.1. The Morgan fingerprint density at radius 2 is 1.72 bits per heavy atom. The number of amides is 1. The summed E-state index contributed by atoms with van der Waals surface area (Å²) in [6.07, 6.45) is 0. The van der Waals surface area contributed by atoms with Gasteiger partial charge in [0.1, 0.15) is 5.82 Å². The van der Waals surface area contributed by atoms with E-state index in [1.807, 2.05) is 6.07 Å². The number of ether oxygens (including phenoxy) is 1. The van der Waals surface area contributed by atoms with Gasteiger partial charge in [-0.05, 0) is 42.0 Å². The lowest BCUT2D eigenvalue weighted by Crippen LogP contribution is -2.48. The largest absolute Gasteiger partial charge is 0.494 e. The van der Waals surface area contributed by atoms with E-state index in [9.17, 15) is 13.6 Å². The molecule has 0 spiro atoms. The van der Waals surface area contributed by atoms with Crippen molar-refractivity contribution in [3.63, 3.8) is 0 Å². The molecule has 6 heteroatoms. The molecular weight excluding hydrogens is 326 g/mol. The number of hydrogen-bond acceptors (Lipinski definition) is 3. The van der Waals surface area contributed by atoms with Gasteiger partial charge in [-0.15, -0.1) is 0 Å². The Morgan fingerprint density at radius 3 is 2.32 bits per heavy atom. The molecule has 0 radical (unpaired) electrons. The molecule has 132 valence electrons. The Hall–Kier alpha value is -2.47. The van der Waals surface area contributed by atoms with Crippen LogP contribution in [-0.4, -0.2) is 49.0 Å². The summed E-state index contributed by atoms with van der Waals surface area (Å²) in [5.41, 5.74) is 1.36. The maximum absolute atomic E-state index is 13.8. The fourth-order valence-electron chi connectivity index (χ4n) is 2.95. The van der Waals surface area contributed by atoms with Crippen molar-refractivity contribution in [3.8, 4) is 5.75 Å². The Bertz CT molecular complexity index is 742. The van der Waals surface area contributed by atoms with E-state index in [-0.39, 0.29) is 23.3 Å². The fraction of sp³-hybridized carbons (Fsp3) is 0.316. The van der Waals surface area contributed by atoms with Gasteiger partial charge >= 0.3 is 0 Å². The van der Waals surface area contributed by atoms with Crippen molar-refractivity contribution in [1.29, 1.82) is 0 Å². The first-order valence-corrected chi connectivity index (χ1v) is 8.16. The first kappa shape index (κ1) is 17.4. The Morgan fingerprint density at radius 1 is 1.04 bits per heavy atom. The maximum Gasteiger partial charge on any atom is 0.253 e. The monoisotopic (exact) mass is 346 g/mol. The molecule has 0 aliphatic carbocycles. The molecule has 1 amide bonds. The SMILES string of the molecule is COc1ccc(CN2CCN(C(=O)c3ccc(F)cc3)CC2)cc1F. The third-order valence-corrected chi connectivity index (χ3v) is 4.37. The van der Waals surface area contributed by atoms with Gasteiger partial charge in [-0.25, -0.2) is 8.78 Å². The van der Waals surface area contributed by atoms with Crippen LogP contribution in [0.2, 0.25) is 0 Å². The molecule has 25 heavy (non-hydrogen) atoms. The number of nitrogens with zero attached hydrogens (tertiary/aromatic N) is 2. The number of methoxy groups -OCH3 is 1. The van der Waals surface area contributed by atoms with Crippen molar-refractivity contribution >= 4 is 5.91 Å². The van der Waals surface area contributed by atoms with Crippen LogP contribution in [0.25, 0.3) is 0 Å². The van der Waals surface area contributed by atoms with Gasteiger partial charge in [0.25, 0.3) is 5.91 Å². The first-order chi connectivity index (χ1) is 12.1. The summed E-state index contributed by atoms with van der Waals surface area (Å²) in [4.78, 5) is 16.4. The highest BCUT2D eigenvalue weighted by Gasteiger charge is 2.22. The predicted octanol–water partition coefficient (Wildman–Crippen LogP) is 2.93. The van der Waals surface area contributed by atoms with Crippen LogP contribution in [0.3, 0.4) is 0 Å². The molecule has 1 heterocycles. The van der Waals surface area contributed by atoms with E-state index in [2.05, 4.69) is 4.90 Å². The standard InChI is InChI=1S/C19H20F2N2O2/c1-25-18-7-2-14(12-17(18)21)13-22-8-10-23(11-9-22)19(24)15-3-5-16(20)6-4-15/h2-7,12H,8-11,13H2,1H3. The molecule has 0 unspecified atom stereocenters. The average molecular weight is 346 g/mol. The van der Waals surface area contributed by atoms with Gasteiger partial charge in [-0.1, -0.05) is 6.07 Å². The van der Waals surface area contributed by atoms with Crippen LogP contribution in [0.15, 0.2) is 42.5 Å². The molecule has 2 aromatic carbocycles. The summed E-state index contributed by atoms with van der Waals surface area (Å²) < 4.78 is 31.6. The minimum Gasteiger partial charge on any atom is -0.494 e. The summed E-state index contributed by atoms with van der Waals surface area (Å²) in [5.74, 6) is -0.577. The lowest BCUT2D eigenvalue weighted by molar-refractivity contribution is 0.0628. The Balaban J connectivity index is 1.55. The second-order valence-electron chi connectivity index (χ2n) is 6.04. The highest BCUT2D eigenvalue weighted by atomic mass is 19.1. The molecule has 1 aliphatic rings. The smallest absolute Gasteiger partial charge is 0.253 e. The van der Waals surface area contributed by atoms with Crippen molar-refractivity contribution in [1.82, 2.24) is 9.80 Å². The lowest BCUT2D eigenvalue weighted by Gasteiger charge is -2.34. The number of carbonyl (C=O) groups is 1. The van der Waals surface area contributed by atoms with Gasteiger partial charge in [0, 0.05) is 38.3 Å². The van der Waals surface area contributed by atoms with Crippen LogP contribution in [0.5, 0.6) is 5.75 Å². The highest BCUT2D eigenvalue weighted by molar-refractivity contribution is 5.94. The number of hydrogen-bond donors (Lipinski definition) is 0. The van der Waals surface area contributed by atoms with Crippen molar-refractivity contribution < 1.29 is 18.3 Å². The minimum absolute atomic E-state index is 0.0878. The predicted molar refractivity (Wildman–Crippen MR) is 90.5 cm³/mol. The van der Waals surface area contributed by atoms with Crippen LogP contribution in [0, 0.1) is 11.6 Å². The Kier molecular flexibility index (Phi) is 5.28. The summed E-state index contributed by atoms with van der Waals surface area (Å²) in [6, 6.07) is 10.5. The summed E-state index contributed by atoms with van der Waals surface area (Å²) in [5, 5.41) is 0. The third-order valence-electron chi connectivity index (χ3n) is 4.37. The van der Waals surface area contributed by atoms with Gasteiger partial charge in [0.15, 0.2) is 11.6 Å². The second-order valence-corrected chi connectivity index (χ2v) is 6.04. The van der Waals surface area contributed by atoms with Crippen LogP contribution in [0.1, 0.15) is 15.9 Å². The number of halogens is 2. The van der Waals surface area contributed by atoms with Crippen LogP contribution < -0.4 is 4.74 Å². The molecular formula is C19H20F2N2O2.